The Labute approximate surface area is 167 Å². The summed E-state index contributed by atoms with van der Waals surface area (Å²) >= 11 is 0. The third-order valence-corrected chi connectivity index (χ3v) is 3.89. The van der Waals surface area contributed by atoms with Gasteiger partial charge in [-0.3, -0.25) is 4.79 Å². The van der Waals surface area contributed by atoms with Crippen LogP contribution in [0.3, 0.4) is 0 Å². The van der Waals surface area contributed by atoms with Crippen LogP contribution in [-0.4, -0.2) is 59.6 Å². The van der Waals surface area contributed by atoms with Gasteiger partial charge in [0.15, 0.2) is 6.10 Å². The van der Waals surface area contributed by atoms with Crippen molar-refractivity contribution in [2.24, 2.45) is 0 Å². The summed E-state index contributed by atoms with van der Waals surface area (Å²) in [5, 5.41) is 20.5. The summed E-state index contributed by atoms with van der Waals surface area (Å²) in [5.74, 6) is -2.10. The first-order valence-electron chi connectivity index (χ1n) is 8.86. The minimum atomic E-state index is -1.66. The lowest BCUT2D eigenvalue weighted by Crippen LogP contribution is -2.45. The largest absolute Gasteiger partial charge is 0.462 e. The van der Waals surface area contributed by atoms with Gasteiger partial charge in [-0.25, -0.2) is 9.59 Å². The third-order valence-electron chi connectivity index (χ3n) is 3.89. The molecule has 0 spiro atoms. The SMILES string of the molecule is CC(=O)OC[C@@H](OC(=O)c1ccccc1)[C@@H](O)[C@@H](O)COC(=O)c1ccccc1. The lowest BCUT2D eigenvalue weighted by Gasteiger charge is -2.26. The number of aliphatic hydroxyl groups is 2. The molecule has 2 rings (SSSR count). The van der Waals surface area contributed by atoms with Crippen molar-refractivity contribution in [3.63, 3.8) is 0 Å². The molecule has 0 aliphatic carbocycles. The molecule has 2 N–H and O–H groups in total. The molecule has 0 aliphatic heterocycles. The molecule has 29 heavy (non-hydrogen) atoms. The highest BCUT2D eigenvalue weighted by atomic mass is 16.6. The molecule has 0 saturated carbocycles. The predicted molar refractivity (Wildman–Crippen MR) is 101 cm³/mol. The second-order valence-electron chi connectivity index (χ2n) is 6.13. The van der Waals surface area contributed by atoms with Gasteiger partial charge in [-0.2, -0.15) is 0 Å². The number of carbonyl (C=O) groups is 3. The van der Waals surface area contributed by atoms with Crippen molar-refractivity contribution in [1.82, 2.24) is 0 Å². The third kappa shape index (κ3) is 7.02. The molecular weight excluding hydrogens is 380 g/mol. The van der Waals surface area contributed by atoms with Crippen LogP contribution in [0, 0.1) is 0 Å². The van der Waals surface area contributed by atoms with E-state index >= 15 is 0 Å². The maximum atomic E-state index is 12.2. The van der Waals surface area contributed by atoms with Gasteiger partial charge in [0.05, 0.1) is 11.1 Å². The summed E-state index contributed by atoms with van der Waals surface area (Å²) < 4.78 is 15.0. The fourth-order valence-corrected chi connectivity index (χ4v) is 2.35. The summed E-state index contributed by atoms with van der Waals surface area (Å²) in [6.45, 7) is 0.133. The van der Waals surface area contributed by atoms with Gasteiger partial charge in [-0.1, -0.05) is 36.4 Å². The van der Waals surface area contributed by atoms with Crippen molar-refractivity contribution < 1.29 is 38.8 Å². The van der Waals surface area contributed by atoms with Gasteiger partial charge in [0.2, 0.25) is 0 Å². The number of carbonyl (C=O) groups excluding carboxylic acids is 3. The topological polar surface area (TPSA) is 119 Å². The van der Waals surface area contributed by atoms with Gasteiger partial charge >= 0.3 is 17.9 Å². The molecule has 8 nitrogen and oxygen atoms in total. The minimum Gasteiger partial charge on any atom is -0.462 e. The Hall–Kier alpha value is -3.23. The average Bonchev–Trinajstić information content (AvgIpc) is 2.75. The van der Waals surface area contributed by atoms with E-state index in [1.807, 2.05) is 0 Å². The predicted octanol–water partition coefficient (Wildman–Crippen LogP) is 1.35. The first kappa shape index (κ1) is 22.1. The van der Waals surface area contributed by atoms with Crippen LogP contribution in [0.25, 0.3) is 0 Å². The highest BCUT2D eigenvalue weighted by Gasteiger charge is 2.32. The molecule has 0 heterocycles. The van der Waals surface area contributed by atoms with E-state index in [1.54, 1.807) is 36.4 Å². The molecule has 2 aromatic carbocycles. The molecule has 0 aromatic heterocycles. The Bertz CT molecular complexity index is 806. The molecule has 2 aromatic rings. The lowest BCUT2D eigenvalue weighted by atomic mass is 10.1. The van der Waals surface area contributed by atoms with E-state index in [4.69, 9.17) is 14.2 Å². The Morgan fingerprint density at radius 2 is 1.31 bits per heavy atom. The smallest absolute Gasteiger partial charge is 0.338 e. The average molecular weight is 402 g/mol. The van der Waals surface area contributed by atoms with E-state index < -0.39 is 49.4 Å². The van der Waals surface area contributed by atoms with Crippen LogP contribution >= 0.6 is 0 Å². The molecule has 154 valence electrons. The van der Waals surface area contributed by atoms with E-state index in [-0.39, 0.29) is 11.1 Å². The monoisotopic (exact) mass is 402 g/mol. The van der Waals surface area contributed by atoms with Crippen LogP contribution < -0.4 is 0 Å². The normalized spacial score (nSPS) is 13.6. The standard InChI is InChI=1S/C21H22O8/c1-14(22)27-13-18(29-21(26)16-10-6-3-7-11-16)19(24)17(23)12-28-20(25)15-8-4-2-5-9-15/h2-11,17-19,23-24H,12-13H2,1H3/t17-,18+,19-/m0/s1. The Balaban J connectivity index is 1.99. The van der Waals surface area contributed by atoms with Crippen molar-refractivity contribution in [1.29, 1.82) is 0 Å². The van der Waals surface area contributed by atoms with Gasteiger partial charge in [-0.05, 0) is 24.3 Å². The van der Waals surface area contributed by atoms with E-state index in [2.05, 4.69) is 0 Å². The molecule has 8 heteroatoms. The number of hydrogen-bond donors (Lipinski definition) is 2. The Kier molecular flexibility index (Phi) is 8.32. The first-order chi connectivity index (χ1) is 13.9. The van der Waals surface area contributed by atoms with Crippen molar-refractivity contribution >= 4 is 17.9 Å². The summed E-state index contributed by atoms with van der Waals surface area (Å²) in [7, 11) is 0. The van der Waals surface area contributed by atoms with Crippen LogP contribution in [0.1, 0.15) is 27.6 Å². The fourth-order valence-electron chi connectivity index (χ4n) is 2.35. The van der Waals surface area contributed by atoms with Crippen molar-refractivity contribution in [3.8, 4) is 0 Å². The quantitative estimate of drug-likeness (QED) is 0.477. The zero-order valence-corrected chi connectivity index (χ0v) is 15.8. The number of rotatable bonds is 9. The van der Waals surface area contributed by atoms with Crippen molar-refractivity contribution in [2.75, 3.05) is 13.2 Å². The molecule has 0 amide bonds. The number of ether oxygens (including phenoxy) is 3. The first-order valence-corrected chi connectivity index (χ1v) is 8.86. The van der Waals surface area contributed by atoms with E-state index in [1.165, 1.54) is 24.3 Å². The number of hydrogen-bond acceptors (Lipinski definition) is 8. The lowest BCUT2D eigenvalue weighted by molar-refractivity contribution is -0.150. The molecule has 0 radical (unpaired) electrons. The fraction of sp³-hybridized carbons (Fsp3) is 0.286. The van der Waals surface area contributed by atoms with Gasteiger partial charge in [-0.15, -0.1) is 0 Å². The molecular formula is C21H22O8. The summed E-state index contributed by atoms with van der Waals surface area (Å²) in [5.41, 5.74) is 0.499. The maximum absolute atomic E-state index is 12.2. The maximum Gasteiger partial charge on any atom is 0.338 e. The second kappa shape index (κ2) is 10.9. The van der Waals surface area contributed by atoms with Gasteiger partial charge < -0.3 is 24.4 Å². The summed E-state index contributed by atoms with van der Waals surface area (Å²) in [4.78, 5) is 35.3. The zero-order chi connectivity index (χ0) is 21.2. The van der Waals surface area contributed by atoms with E-state index in [9.17, 15) is 24.6 Å². The Morgan fingerprint density at radius 1 is 0.793 bits per heavy atom. The van der Waals surface area contributed by atoms with Gasteiger partial charge in [0.1, 0.15) is 25.4 Å². The highest BCUT2D eigenvalue weighted by molar-refractivity contribution is 5.89. The van der Waals surface area contributed by atoms with Crippen LogP contribution in [0.15, 0.2) is 60.7 Å². The number of aliphatic hydroxyl groups excluding tert-OH is 2. The number of esters is 3. The molecule has 0 unspecified atom stereocenters. The summed E-state index contributed by atoms with van der Waals surface area (Å²) in [6, 6.07) is 16.1. The highest BCUT2D eigenvalue weighted by Crippen LogP contribution is 2.12. The van der Waals surface area contributed by atoms with Crippen LogP contribution in [0.5, 0.6) is 0 Å². The minimum absolute atomic E-state index is 0.220. The van der Waals surface area contributed by atoms with Crippen LogP contribution in [-0.2, 0) is 19.0 Å². The zero-order valence-electron chi connectivity index (χ0n) is 15.8. The Morgan fingerprint density at radius 3 is 1.83 bits per heavy atom. The molecule has 0 bridgehead atoms. The van der Waals surface area contributed by atoms with Crippen LogP contribution in [0.4, 0.5) is 0 Å². The molecule has 0 aliphatic rings. The molecule has 0 fully saturated rings. The van der Waals surface area contributed by atoms with Gasteiger partial charge in [0, 0.05) is 6.92 Å². The van der Waals surface area contributed by atoms with Crippen molar-refractivity contribution in [2.45, 2.75) is 25.2 Å². The summed E-state index contributed by atoms with van der Waals surface area (Å²) in [6.07, 6.45) is -4.60. The molecule has 3 atom stereocenters. The van der Waals surface area contributed by atoms with Crippen LogP contribution in [0.2, 0.25) is 0 Å². The second-order valence-corrected chi connectivity index (χ2v) is 6.13. The number of benzene rings is 2. The van der Waals surface area contributed by atoms with Gasteiger partial charge in [0.25, 0.3) is 0 Å². The van der Waals surface area contributed by atoms with E-state index in [0.29, 0.717) is 0 Å². The van der Waals surface area contributed by atoms with E-state index in [0.717, 1.165) is 6.92 Å². The van der Waals surface area contributed by atoms with Crippen molar-refractivity contribution in [3.05, 3.63) is 71.8 Å². The molecule has 0 saturated heterocycles.